The van der Waals surface area contributed by atoms with Gasteiger partial charge in [0.2, 0.25) is 5.91 Å². The van der Waals surface area contributed by atoms with Crippen LogP contribution >= 0.6 is 7.82 Å². The van der Waals surface area contributed by atoms with Crippen molar-refractivity contribution in [3.05, 3.63) is 109 Å². The maximum Gasteiger partial charge on any atom is 0.268 e. The third-order valence-electron chi connectivity index (χ3n) is 14.5. The number of amides is 1. The van der Waals surface area contributed by atoms with Gasteiger partial charge in [0, 0.05) is 6.42 Å². The van der Waals surface area contributed by atoms with E-state index in [9.17, 15) is 19.4 Å². The van der Waals surface area contributed by atoms with Crippen molar-refractivity contribution in [2.75, 3.05) is 40.9 Å². The van der Waals surface area contributed by atoms with Crippen LogP contribution in [0.25, 0.3) is 0 Å². The summed E-state index contributed by atoms with van der Waals surface area (Å²) in [5, 5.41) is 13.9. The first-order valence-electron chi connectivity index (χ1n) is 33.2. The predicted molar refractivity (Wildman–Crippen MR) is 348 cm³/mol. The summed E-state index contributed by atoms with van der Waals surface area (Å²) in [5.41, 5.74) is 0. The molecule has 0 aliphatic heterocycles. The van der Waals surface area contributed by atoms with E-state index >= 15 is 0 Å². The van der Waals surface area contributed by atoms with Gasteiger partial charge < -0.3 is 28.8 Å². The van der Waals surface area contributed by atoms with Gasteiger partial charge in [-0.05, 0) is 83.5 Å². The van der Waals surface area contributed by atoms with Gasteiger partial charge >= 0.3 is 0 Å². The number of allylic oxidation sites excluding steroid dienone is 17. The highest BCUT2D eigenvalue weighted by molar-refractivity contribution is 7.45. The number of quaternary nitrogens is 1. The van der Waals surface area contributed by atoms with Gasteiger partial charge in [0.05, 0.1) is 39.9 Å². The monoisotopic (exact) mass is 1130 g/mol. The Balaban J connectivity index is 4.01. The third-order valence-corrected chi connectivity index (χ3v) is 15.5. The fraction of sp³-hybridized carbons (Fsp3) is 0.732. The lowest BCUT2D eigenvalue weighted by molar-refractivity contribution is -0.870. The molecule has 9 heteroatoms. The summed E-state index contributed by atoms with van der Waals surface area (Å²) >= 11 is 0. The number of nitrogens with zero attached hydrogens (tertiary/aromatic N) is 1. The Morgan fingerprint density at radius 2 is 0.762 bits per heavy atom. The van der Waals surface area contributed by atoms with Crippen LogP contribution in [-0.4, -0.2) is 68.5 Å². The molecule has 0 rings (SSSR count). The van der Waals surface area contributed by atoms with Crippen LogP contribution in [-0.2, 0) is 18.4 Å². The molecule has 0 spiro atoms. The van der Waals surface area contributed by atoms with E-state index in [4.69, 9.17) is 9.05 Å². The van der Waals surface area contributed by atoms with E-state index < -0.39 is 20.0 Å². The van der Waals surface area contributed by atoms with Crippen LogP contribution in [0.5, 0.6) is 0 Å². The number of nitrogens with one attached hydrogen (secondary N) is 1. The minimum Gasteiger partial charge on any atom is -0.756 e. The largest absolute Gasteiger partial charge is 0.756 e. The Labute approximate surface area is 495 Å². The van der Waals surface area contributed by atoms with Crippen LogP contribution in [0.15, 0.2) is 109 Å². The molecule has 3 unspecified atom stereocenters. The van der Waals surface area contributed by atoms with Gasteiger partial charge in [0.1, 0.15) is 13.2 Å². The van der Waals surface area contributed by atoms with Crippen molar-refractivity contribution >= 4 is 13.7 Å². The molecular weight excluding hydrogens is 1010 g/mol. The number of aliphatic hydroxyl groups is 1. The van der Waals surface area contributed by atoms with E-state index in [0.717, 1.165) is 89.9 Å². The molecule has 462 valence electrons. The Kier molecular flexibility index (Phi) is 58.6. The van der Waals surface area contributed by atoms with E-state index in [2.05, 4.69) is 116 Å². The fourth-order valence-electron chi connectivity index (χ4n) is 9.35. The lowest BCUT2D eigenvalue weighted by atomic mass is 10.0. The molecule has 8 nitrogen and oxygen atoms in total. The second-order valence-corrected chi connectivity index (χ2v) is 24.9. The fourth-order valence-corrected chi connectivity index (χ4v) is 10.1. The number of phosphoric acid groups is 1. The Bertz CT molecular complexity index is 1670. The van der Waals surface area contributed by atoms with Crippen LogP contribution in [0.4, 0.5) is 0 Å². The molecule has 0 aromatic carbocycles. The Hall–Kier alpha value is -2.84. The van der Waals surface area contributed by atoms with Crippen molar-refractivity contribution in [1.82, 2.24) is 5.32 Å². The quantitative estimate of drug-likeness (QED) is 0.0272. The van der Waals surface area contributed by atoms with Crippen molar-refractivity contribution in [3.63, 3.8) is 0 Å². The number of hydrogen-bond donors (Lipinski definition) is 2. The SMILES string of the molecule is CC/C=C\C/C=C\C/C=C\C/C=C\C/C=C\C/C=C\C/C=C\C/C=C\CCCCCCCCCCCCCCCCCCC(=O)NC(COP(=O)([O-])OCC[N+](C)(C)C)C(O)/C=C/CCCCCCCCCCCCCCCCC. The smallest absolute Gasteiger partial charge is 0.268 e. The summed E-state index contributed by atoms with van der Waals surface area (Å²) in [6, 6.07) is -0.891. The topological polar surface area (TPSA) is 108 Å². The molecule has 2 N–H and O–H groups in total. The number of hydrogen-bond acceptors (Lipinski definition) is 6. The zero-order valence-corrected chi connectivity index (χ0v) is 53.6. The Morgan fingerprint density at radius 1 is 0.450 bits per heavy atom. The normalized spacial score (nSPS) is 14.4. The molecular formula is C71H127N2O6P. The number of carbonyl (C=O) groups is 1. The summed E-state index contributed by atoms with van der Waals surface area (Å²) in [6.45, 7) is 4.55. The number of phosphoric ester groups is 1. The van der Waals surface area contributed by atoms with Crippen LogP contribution in [0.3, 0.4) is 0 Å². The van der Waals surface area contributed by atoms with E-state index in [1.807, 2.05) is 27.2 Å². The second-order valence-electron chi connectivity index (χ2n) is 23.4. The lowest BCUT2D eigenvalue weighted by Gasteiger charge is -2.29. The molecule has 1 amide bonds. The van der Waals surface area contributed by atoms with E-state index in [0.29, 0.717) is 17.4 Å². The summed E-state index contributed by atoms with van der Waals surface area (Å²) in [5.74, 6) is -0.198. The van der Waals surface area contributed by atoms with Gasteiger partial charge in [-0.1, -0.05) is 303 Å². The highest BCUT2D eigenvalue weighted by atomic mass is 31.2. The number of rotatable bonds is 60. The van der Waals surface area contributed by atoms with Crippen molar-refractivity contribution in [2.24, 2.45) is 0 Å². The maximum absolute atomic E-state index is 13.0. The average Bonchev–Trinajstić information content (AvgIpc) is 3.42. The molecule has 0 aromatic heterocycles. The van der Waals surface area contributed by atoms with Crippen molar-refractivity contribution in [3.8, 4) is 0 Å². The highest BCUT2D eigenvalue weighted by Gasteiger charge is 2.23. The van der Waals surface area contributed by atoms with Crippen molar-refractivity contribution in [1.29, 1.82) is 0 Å². The molecule has 0 fully saturated rings. The molecule has 0 heterocycles. The van der Waals surface area contributed by atoms with Crippen LogP contribution < -0.4 is 10.2 Å². The summed E-state index contributed by atoms with van der Waals surface area (Å²) in [6.07, 6.45) is 89.1. The van der Waals surface area contributed by atoms with Crippen LogP contribution in [0.1, 0.15) is 284 Å². The van der Waals surface area contributed by atoms with E-state index in [1.165, 1.54) is 173 Å². The van der Waals surface area contributed by atoms with Crippen LogP contribution in [0, 0.1) is 0 Å². The molecule has 0 saturated carbocycles. The molecule has 0 radical (unpaired) electrons. The number of aliphatic hydroxyl groups excluding tert-OH is 1. The number of unbranched alkanes of at least 4 members (excludes halogenated alkanes) is 31. The van der Waals surface area contributed by atoms with Crippen molar-refractivity contribution < 1.29 is 32.9 Å². The summed E-state index contributed by atoms with van der Waals surface area (Å²) < 4.78 is 23.4. The third kappa shape index (κ3) is 62.8. The molecule has 0 bridgehead atoms. The lowest BCUT2D eigenvalue weighted by Crippen LogP contribution is -2.45. The van der Waals surface area contributed by atoms with Gasteiger partial charge in [0.15, 0.2) is 0 Å². The Morgan fingerprint density at radius 3 is 1.11 bits per heavy atom. The maximum atomic E-state index is 13.0. The average molecular weight is 1140 g/mol. The standard InChI is InChI=1S/C71H127N2O6P/c1-6-8-10-12-14-16-18-20-22-24-25-26-27-28-29-30-31-32-33-34-35-36-37-38-39-40-41-42-43-44-45-46-47-49-51-53-55-57-59-61-63-65-71(75)72-69(68-79-80(76,77)78-67-66-73(3,4)5)70(74)64-62-60-58-56-54-52-50-48-23-21-19-17-15-13-11-9-7-2/h8,10,14,16,20,22,25-26,28-29,31-32,34-35,37-38,62,64,69-70,74H,6-7,9,11-13,15,17-19,21,23-24,27,30,33,36,39-61,63,65-68H2,1-5H3,(H-,72,75,76,77)/b10-8-,16-14-,22-20-,26-25-,29-28-,32-31-,35-34-,38-37-,64-62+. The van der Waals surface area contributed by atoms with Gasteiger partial charge in [0.25, 0.3) is 7.82 Å². The summed E-state index contributed by atoms with van der Waals surface area (Å²) in [4.78, 5) is 25.6. The minimum absolute atomic E-state index is 0.00335. The highest BCUT2D eigenvalue weighted by Crippen LogP contribution is 2.38. The molecule has 0 aliphatic carbocycles. The second kappa shape index (κ2) is 60.7. The van der Waals surface area contributed by atoms with E-state index in [1.54, 1.807) is 6.08 Å². The molecule has 0 aliphatic rings. The van der Waals surface area contributed by atoms with Gasteiger partial charge in [-0.25, -0.2) is 0 Å². The molecule has 0 aromatic rings. The number of carbonyl (C=O) groups excluding carboxylic acids is 1. The zero-order valence-electron chi connectivity index (χ0n) is 52.7. The van der Waals surface area contributed by atoms with Gasteiger partial charge in [-0.15, -0.1) is 0 Å². The van der Waals surface area contributed by atoms with E-state index in [-0.39, 0.29) is 19.1 Å². The molecule has 0 saturated heterocycles. The van der Waals surface area contributed by atoms with Gasteiger partial charge in [-0.3, -0.25) is 9.36 Å². The molecule has 3 atom stereocenters. The predicted octanol–water partition coefficient (Wildman–Crippen LogP) is 20.5. The van der Waals surface area contributed by atoms with Crippen molar-refractivity contribution in [2.45, 2.75) is 296 Å². The van der Waals surface area contributed by atoms with Gasteiger partial charge in [-0.2, -0.15) is 0 Å². The summed E-state index contributed by atoms with van der Waals surface area (Å²) in [7, 11) is 1.26. The first kappa shape index (κ1) is 77.2. The first-order valence-corrected chi connectivity index (χ1v) is 34.7. The molecule has 80 heavy (non-hydrogen) atoms. The van der Waals surface area contributed by atoms with Crippen LogP contribution in [0.2, 0.25) is 0 Å². The zero-order chi connectivity index (χ0) is 58.4. The minimum atomic E-state index is -4.60. The number of likely N-dealkylation sites (N-methyl/N-ethyl adjacent to an activating group) is 1. The first-order chi connectivity index (χ1) is 39.0.